The Labute approximate surface area is 129 Å². The van der Waals surface area contributed by atoms with E-state index in [1.807, 2.05) is 12.1 Å². The highest BCUT2D eigenvalue weighted by Crippen LogP contribution is 2.31. The maximum absolute atomic E-state index is 14.3. The van der Waals surface area contributed by atoms with E-state index >= 15 is 0 Å². The van der Waals surface area contributed by atoms with Gasteiger partial charge in [0.2, 0.25) is 0 Å². The summed E-state index contributed by atoms with van der Waals surface area (Å²) in [7, 11) is 1.51. The SMILES string of the molecule is COc1cccc(CC(CNCC(C)C)C(C)(C)C)c1F. The molecule has 0 aliphatic rings. The minimum atomic E-state index is -0.224. The van der Waals surface area contributed by atoms with Crippen LogP contribution in [0.4, 0.5) is 4.39 Å². The van der Waals surface area contributed by atoms with Gasteiger partial charge in [0.05, 0.1) is 7.11 Å². The average Bonchev–Trinajstić information content (AvgIpc) is 2.38. The molecule has 1 atom stereocenters. The molecule has 1 rings (SSSR count). The first-order valence-corrected chi connectivity index (χ1v) is 7.77. The Morgan fingerprint density at radius 3 is 2.38 bits per heavy atom. The number of benzene rings is 1. The third-order valence-electron chi connectivity index (χ3n) is 3.90. The molecule has 21 heavy (non-hydrogen) atoms. The van der Waals surface area contributed by atoms with Crippen molar-refractivity contribution in [2.75, 3.05) is 20.2 Å². The van der Waals surface area contributed by atoms with Crippen molar-refractivity contribution in [2.24, 2.45) is 17.3 Å². The van der Waals surface area contributed by atoms with E-state index in [1.54, 1.807) is 6.07 Å². The smallest absolute Gasteiger partial charge is 0.168 e. The van der Waals surface area contributed by atoms with Crippen molar-refractivity contribution in [1.82, 2.24) is 5.32 Å². The Morgan fingerprint density at radius 1 is 1.19 bits per heavy atom. The van der Waals surface area contributed by atoms with E-state index in [1.165, 1.54) is 7.11 Å². The molecule has 1 unspecified atom stereocenters. The van der Waals surface area contributed by atoms with Crippen LogP contribution in [0.15, 0.2) is 18.2 Å². The largest absolute Gasteiger partial charge is 0.494 e. The fourth-order valence-electron chi connectivity index (χ4n) is 2.37. The number of nitrogens with one attached hydrogen (secondary N) is 1. The number of hydrogen-bond acceptors (Lipinski definition) is 2. The van der Waals surface area contributed by atoms with Crippen LogP contribution in [0.5, 0.6) is 5.75 Å². The lowest BCUT2D eigenvalue weighted by Crippen LogP contribution is -2.35. The zero-order chi connectivity index (χ0) is 16.0. The molecule has 1 aromatic carbocycles. The normalized spacial score (nSPS) is 13.5. The van der Waals surface area contributed by atoms with Crippen LogP contribution < -0.4 is 10.1 Å². The first kappa shape index (κ1) is 18.0. The molecule has 0 saturated heterocycles. The molecule has 0 bridgehead atoms. The summed E-state index contributed by atoms with van der Waals surface area (Å²) in [6, 6.07) is 5.39. The summed E-state index contributed by atoms with van der Waals surface area (Å²) in [5.74, 6) is 1.10. The summed E-state index contributed by atoms with van der Waals surface area (Å²) < 4.78 is 19.4. The monoisotopic (exact) mass is 295 g/mol. The van der Waals surface area contributed by atoms with Crippen LogP contribution in [0, 0.1) is 23.1 Å². The van der Waals surface area contributed by atoms with Crippen molar-refractivity contribution in [3.63, 3.8) is 0 Å². The Kier molecular flexibility index (Phi) is 6.66. The summed E-state index contributed by atoms with van der Waals surface area (Å²) in [6.45, 7) is 12.9. The number of halogens is 1. The molecule has 120 valence electrons. The van der Waals surface area contributed by atoms with Crippen molar-refractivity contribution >= 4 is 0 Å². The van der Waals surface area contributed by atoms with Crippen molar-refractivity contribution in [2.45, 2.75) is 41.0 Å². The second-order valence-corrected chi connectivity index (χ2v) is 7.25. The number of rotatable bonds is 7. The molecular weight excluding hydrogens is 265 g/mol. The molecule has 0 spiro atoms. The number of ether oxygens (including phenoxy) is 1. The fourth-order valence-corrected chi connectivity index (χ4v) is 2.37. The van der Waals surface area contributed by atoms with Gasteiger partial charge in [-0.2, -0.15) is 0 Å². The average molecular weight is 295 g/mol. The van der Waals surface area contributed by atoms with Crippen molar-refractivity contribution in [3.05, 3.63) is 29.6 Å². The Hall–Kier alpha value is -1.09. The highest BCUT2D eigenvalue weighted by molar-refractivity contribution is 5.31. The molecule has 0 aromatic heterocycles. The lowest BCUT2D eigenvalue weighted by atomic mass is 9.77. The third-order valence-corrected chi connectivity index (χ3v) is 3.90. The van der Waals surface area contributed by atoms with Crippen LogP contribution >= 0.6 is 0 Å². The Morgan fingerprint density at radius 2 is 1.86 bits per heavy atom. The Balaban J connectivity index is 2.82. The van der Waals surface area contributed by atoms with Crippen LogP contribution in [-0.4, -0.2) is 20.2 Å². The number of hydrogen-bond donors (Lipinski definition) is 1. The first-order valence-electron chi connectivity index (χ1n) is 7.77. The molecular formula is C18H30FNO. The van der Waals surface area contributed by atoms with Gasteiger partial charge in [0.25, 0.3) is 0 Å². The zero-order valence-corrected chi connectivity index (χ0v) is 14.3. The quantitative estimate of drug-likeness (QED) is 0.810. The highest BCUT2D eigenvalue weighted by atomic mass is 19.1. The van der Waals surface area contributed by atoms with Gasteiger partial charge in [-0.1, -0.05) is 46.8 Å². The van der Waals surface area contributed by atoms with E-state index in [2.05, 4.69) is 39.9 Å². The predicted octanol–water partition coefficient (Wildman–Crippen LogP) is 4.28. The van der Waals surface area contributed by atoms with Gasteiger partial charge in [0.1, 0.15) is 0 Å². The second-order valence-electron chi connectivity index (χ2n) is 7.25. The topological polar surface area (TPSA) is 21.3 Å². The maximum atomic E-state index is 14.3. The van der Waals surface area contributed by atoms with Crippen LogP contribution in [0.2, 0.25) is 0 Å². The van der Waals surface area contributed by atoms with Gasteiger partial charge in [-0.25, -0.2) is 4.39 Å². The summed E-state index contributed by atoms with van der Waals surface area (Å²) >= 11 is 0. The van der Waals surface area contributed by atoms with Crippen molar-refractivity contribution in [3.8, 4) is 5.75 Å². The molecule has 3 heteroatoms. The lowest BCUT2D eigenvalue weighted by Gasteiger charge is -2.31. The van der Waals surface area contributed by atoms with Gasteiger partial charge in [-0.05, 0) is 48.4 Å². The van der Waals surface area contributed by atoms with E-state index in [4.69, 9.17) is 4.74 Å². The number of methoxy groups -OCH3 is 1. The molecule has 1 N–H and O–H groups in total. The second kappa shape index (κ2) is 7.79. The van der Waals surface area contributed by atoms with Crippen LogP contribution in [0.1, 0.15) is 40.2 Å². The summed E-state index contributed by atoms with van der Waals surface area (Å²) in [6.07, 6.45) is 0.720. The molecule has 2 nitrogen and oxygen atoms in total. The van der Waals surface area contributed by atoms with Gasteiger partial charge in [-0.15, -0.1) is 0 Å². The summed E-state index contributed by atoms with van der Waals surface area (Å²) in [4.78, 5) is 0. The summed E-state index contributed by atoms with van der Waals surface area (Å²) in [5.41, 5.74) is 0.861. The van der Waals surface area contributed by atoms with Crippen LogP contribution in [0.3, 0.4) is 0 Å². The molecule has 0 aliphatic carbocycles. The van der Waals surface area contributed by atoms with E-state index < -0.39 is 0 Å². The maximum Gasteiger partial charge on any atom is 0.168 e. The molecule has 0 fully saturated rings. The summed E-state index contributed by atoms with van der Waals surface area (Å²) in [5, 5.41) is 3.51. The van der Waals surface area contributed by atoms with Gasteiger partial charge >= 0.3 is 0 Å². The highest BCUT2D eigenvalue weighted by Gasteiger charge is 2.26. The first-order chi connectivity index (χ1) is 9.75. The fraction of sp³-hybridized carbons (Fsp3) is 0.667. The molecule has 0 saturated carbocycles. The predicted molar refractivity (Wildman–Crippen MR) is 87.3 cm³/mol. The minimum Gasteiger partial charge on any atom is -0.494 e. The molecule has 0 amide bonds. The van der Waals surface area contributed by atoms with Crippen LogP contribution in [-0.2, 0) is 6.42 Å². The van der Waals surface area contributed by atoms with E-state index in [9.17, 15) is 4.39 Å². The molecule has 0 heterocycles. The lowest BCUT2D eigenvalue weighted by molar-refractivity contribution is 0.226. The van der Waals surface area contributed by atoms with Gasteiger partial charge in [-0.3, -0.25) is 0 Å². The van der Waals surface area contributed by atoms with Crippen molar-refractivity contribution in [1.29, 1.82) is 0 Å². The Bertz CT molecular complexity index is 437. The third kappa shape index (κ3) is 5.66. The van der Waals surface area contributed by atoms with Gasteiger partial charge < -0.3 is 10.1 Å². The van der Waals surface area contributed by atoms with Gasteiger partial charge in [0, 0.05) is 0 Å². The zero-order valence-electron chi connectivity index (χ0n) is 14.3. The van der Waals surface area contributed by atoms with E-state index in [0.717, 1.165) is 25.1 Å². The van der Waals surface area contributed by atoms with Crippen molar-refractivity contribution < 1.29 is 9.13 Å². The molecule has 1 aromatic rings. The van der Waals surface area contributed by atoms with E-state index in [-0.39, 0.29) is 11.2 Å². The van der Waals surface area contributed by atoms with Crippen LogP contribution in [0.25, 0.3) is 0 Å². The standard InChI is InChI=1S/C18H30FNO/c1-13(2)11-20-12-15(18(3,4)5)10-14-8-7-9-16(21-6)17(14)19/h7-9,13,15,20H,10-12H2,1-6H3. The van der Waals surface area contributed by atoms with E-state index in [0.29, 0.717) is 17.6 Å². The van der Waals surface area contributed by atoms with Gasteiger partial charge in [0.15, 0.2) is 11.6 Å². The molecule has 0 radical (unpaired) electrons. The molecule has 0 aliphatic heterocycles. The minimum absolute atomic E-state index is 0.125.